The van der Waals surface area contributed by atoms with E-state index < -0.39 is 0 Å². The van der Waals surface area contributed by atoms with Crippen molar-refractivity contribution in [3.05, 3.63) is 206 Å². The minimum atomic E-state index is 0.634. The van der Waals surface area contributed by atoms with Gasteiger partial charge in [0.15, 0.2) is 17.5 Å². The summed E-state index contributed by atoms with van der Waals surface area (Å²) in [5.41, 5.74) is 10.9. The molecule has 57 heavy (non-hydrogen) atoms. The maximum absolute atomic E-state index is 5.37. The Hall–Kier alpha value is -7.69. The van der Waals surface area contributed by atoms with E-state index in [1.54, 1.807) is 0 Å². The average molecular weight is 727 g/mol. The van der Waals surface area contributed by atoms with Crippen LogP contribution in [0.3, 0.4) is 0 Å². The summed E-state index contributed by atoms with van der Waals surface area (Å²) in [6.07, 6.45) is 0. The fourth-order valence-electron chi connectivity index (χ4n) is 8.44. The predicted molar refractivity (Wildman–Crippen MR) is 236 cm³/mol. The van der Waals surface area contributed by atoms with Crippen LogP contribution in [0.4, 0.5) is 0 Å². The molecule has 4 nitrogen and oxygen atoms in total. The highest BCUT2D eigenvalue weighted by Crippen LogP contribution is 2.41. The fraction of sp³-hybridized carbons (Fsp3) is 0. The van der Waals surface area contributed by atoms with Gasteiger partial charge in [0, 0.05) is 33.2 Å². The Bertz CT molecular complexity index is 3280. The normalized spacial score (nSPS) is 11.5. The van der Waals surface area contributed by atoms with Crippen LogP contribution >= 0.6 is 0 Å². The van der Waals surface area contributed by atoms with Crippen LogP contribution in [-0.4, -0.2) is 19.5 Å². The van der Waals surface area contributed by atoms with E-state index in [0.717, 1.165) is 66.2 Å². The van der Waals surface area contributed by atoms with Crippen LogP contribution < -0.4 is 0 Å². The minimum absolute atomic E-state index is 0.634. The second-order valence-corrected chi connectivity index (χ2v) is 14.4. The SMILES string of the molecule is c1ccc(-c2nc(-c3c(-c4ccccc4)ccc4ccccc34)nc(-c3ccc(-c4ccc5c(c4)c4ccccc4n5-c4ccccc4)c4ccccc34)n2)cc1. The number of para-hydroxylation sites is 2. The standard InChI is InChI=1S/C53H34N4/c1-4-16-35(17-5-1)42-30-28-36-18-10-11-23-41(36)50(42)53-55-51(37-19-6-2-7-20-37)54-52(56-53)46-32-31-40(43-24-12-13-25-44(43)46)38-29-33-49-47(34-38)45-26-14-15-27-48(45)57(49)39-21-8-3-9-22-39/h1-34H. The van der Waals surface area contributed by atoms with Crippen molar-refractivity contribution in [2.75, 3.05) is 0 Å². The fourth-order valence-corrected chi connectivity index (χ4v) is 8.44. The van der Waals surface area contributed by atoms with Crippen molar-refractivity contribution in [1.82, 2.24) is 19.5 Å². The first-order valence-electron chi connectivity index (χ1n) is 19.3. The van der Waals surface area contributed by atoms with E-state index in [-0.39, 0.29) is 0 Å². The van der Waals surface area contributed by atoms with Crippen LogP contribution in [-0.2, 0) is 0 Å². The zero-order valence-electron chi connectivity index (χ0n) is 30.9. The molecule has 0 saturated carbocycles. The summed E-state index contributed by atoms with van der Waals surface area (Å²) in [6, 6.07) is 72.8. The van der Waals surface area contributed by atoms with Gasteiger partial charge in [-0.3, -0.25) is 0 Å². The Morgan fingerprint density at radius 1 is 0.298 bits per heavy atom. The molecule has 0 radical (unpaired) electrons. The van der Waals surface area contributed by atoms with Gasteiger partial charge in [-0.2, -0.15) is 0 Å². The lowest BCUT2D eigenvalue weighted by atomic mass is 9.93. The van der Waals surface area contributed by atoms with Gasteiger partial charge < -0.3 is 4.57 Å². The zero-order chi connectivity index (χ0) is 37.7. The number of hydrogen-bond donors (Lipinski definition) is 0. The van der Waals surface area contributed by atoms with E-state index in [2.05, 4.69) is 193 Å². The third-order valence-electron chi connectivity index (χ3n) is 11.1. The molecule has 266 valence electrons. The van der Waals surface area contributed by atoms with Crippen LogP contribution in [0.15, 0.2) is 206 Å². The van der Waals surface area contributed by atoms with Crippen LogP contribution in [0.25, 0.3) is 105 Å². The number of fused-ring (bicyclic) bond motifs is 5. The van der Waals surface area contributed by atoms with Gasteiger partial charge in [0.05, 0.1) is 11.0 Å². The van der Waals surface area contributed by atoms with Gasteiger partial charge in [0.2, 0.25) is 0 Å². The summed E-state index contributed by atoms with van der Waals surface area (Å²) in [6.45, 7) is 0. The van der Waals surface area contributed by atoms with Gasteiger partial charge in [0.25, 0.3) is 0 Å². The lowest BCUT2D eigenvalue weighted by Gasteiger charge is -2.16. The molecule has 4 heteroatoms. The summed E-state index contributed by atoms with van der Waals surface area (Å²) in [5.74, 6) is 1.91. The van der Waals surface area contributed by atoms with Crippen LogP contribution in [0.5, 0.6) is 0 Å². The largest absolute Gasteiger partial charge is 0.309 e. The second kappa shape index (κ2) is 13.6. The molecule has 0 bridgehead atoms. The Balaban J connectivity index is 1.13. The molecular formula is C53H34N4. The van der Waals surface area contributed by atoms with E-state index in [4.69, 9.17) is 15.0 Å². The van der Waals surface area contributed by atoms with Crippen LogP contribution in [0.1, 0.15) is 0 Å². The third kappa shape index (κ3) is 5.58. The van der Waals surface area contributed by atoms with E-state index in [1.807, 2.05) is 18.2 Å². The molecule has 0 aliphatic rings. The maximum Gasteiger partial charge on any atom is 0.165 e. The Morgan fingerprint density at radius 2 is 0.842 bits per heavy atom. The highest BCUT2D eigenvalue weighted by molar-refractivity contribution is 6.12. The molecule has 0 saturated heterocycles. The molecule has 9 aromatic carbocycles. The first-order chi connectivity index (χ1) is 28.3. The van der Waals surface area contributed by atoms with E-state index >= 15 is 0 Å². The summed E-state index contributed by atoms with van der Waals surface area (Å²) in [4.78, 5) is 15.8. The third-order valence-corrected chi connectivity index (χ3v) is 11.1. The van der Waals surface area contributed by atoms with Gasteiger partial charge in [-0.05, 0) is 80.2 Å². The highest BCUT2D eigenvalue weighted by atomic mass is 15.0. The predicted octanol–water partition coefficient (Wildman–Crippen LogP) is 13.6. The minimum Gasteiger partial charge on any atom is -0.309 e. The first kappa shape index (κ1) is 32.7. The van der Waals surface area contributed by atoms with Gasteiger partial charge in [-0.1, -0.05) is 170 Å². The van der Waals surface area contributed by atoms with Crippen molar-refractivity contribution in [2.24, 2.45) is 0 Å². The molecular weight excluding hydrogens is 693 g/mol. The molecule has 11 aromatic rings. The molecule has 2 heterocycles. The first-order valence-corrected chi connectivity index (χ1v) is 19.3. The van der Waals surface area contributed by atoms with Gasteiger partial charge in [-0.25, -0.2) is 15.0 Å². The van der Waals surface area contributed by atoms with Crippen LogP contribution in [0, 0.1) is 0 Å². The molecule has 0 aliphatic heterocycles. The average Bonchev–Trinajstić information content (AvgIpc) is 3.62. The van der Waals surface area contributed by atoms with Gasteiger partial charge >= 0.3 is 0 Å². The lowest BCUT2D eigenvalue weighted by molar-refractivity contribution is 1.08. The van der Waals surface area contributed by atoms with E-state index in [1.165, 1.54) is 21.8 Å². The Morgan fingerprint density at radius 3 is 1.61 bits per heavy atom. The molecule has 0 spiro atoms. The zero-order valence-corrected chi connectivity index (χ0v) is 30.9. The Kier molecular flexibility index (Phi) is 7.78. The van der Waals surface area contributed by atoms with Gasteiger partial charge in [-0.15, -0.1) is 0 Å². The summed E-state index contributed by atoms with van der Waals surface area (Å²) in [5, 5.41) is 6.90. The van der Waals surface area contributed by atoms with Gasteiger partial charge in [0.1, 0.15) is 0 Å². The van der Waals surface area contributed by atoms with Crippen LogP contribution in [0.2, 0.25) is 0 Å². The van der Waals surface area contributed by atoms with Crippen molar-refractivity contribution in [3.63, 3.8) is 0 Å². The molecule has 0 fully saturated rings. The molecule has 0 amide bonds. The second-order valence-electron chi connectivity index (χ2n) is 14.4. The van der Waals surface area contributed by atoms with Crippen molar-refractivity contribution >= 4 is 43.4 Å². The van der Waals surface area contributed by atoms with E-state index in [0.29, 0.717) is 17.5 Å². The molecule has 0 atom stereocenters. The van der Waals surface area contributed by atoms with E-state index in [9.17, 15) is 0 Å². The quantitative estimate of drug-likeness (QED) is 0.171. The van der Waals surface area contributed by atoms with Crippen molar-refractivity contribution in [3.8, 4) is 62.1 Å². The summed E-state index contributed by atoms with van der Waals surface area (Å²) < 4.78 is 2.36. The Labute approximate surface area is 330 Å². The topological polar surface area (TPSA) is 43.6 Å². The monoisotopic (exact) mass is 726 g/mol. The molecule has 2 aromatic heterocycles. The highest BCUT2D eigenvalue weighted by Gasteiger charge is 2.21. The van der Waals surface area contributed by atoms with Crippen molar-refractivity contribution in [1.29, 1.82) is 0 Å². The lowest BCUT2D eigenvalue weighted by Crippen LogP contribution is -2.02. The number of aromatic nitrogens is 4. The number of rotatable bonds is 6. The molecule has 0 unspecified atom stereocenters. The number of benzene rings is 9. The number of hydrogen-bond acceptors (Lipinski definition) is 3. The van der Waals surface area contributed by atoms with Crippen molar-refractivity contribution < 1.29 is 0 Å². The van der Waals surface area contributed by atoms with Crippen molar-refractivity contribution in [2.45, 2.75) is 0 Å². The summed E-state index contributed by atoms with van der Waals surface area (Å²) >= 11 is 0. The molecule has 0 aliphatic carbocycles. The number of nitrogens with zero attached hydrogens (tertiary/aromatic N) is 4. The smallest absolute Gasteiger partial charge is 0.165 e. The maximum atomic E-state index is 5.37. The molecule has 11 rings (SSSR count). The summed E-state index contributed by atoms with van der Waals surface area (Å²) in [7, 11) is 0. The molecule has 0 N–H and O–H groups in total.